The van der Waals surface area contributed by atoms with E-state index in [0.717, 1.165) is 12.8 Å². The Morgan fingerprint density at radius 2 is 2.29 bits per heavy atom. The Kier molecular flexibility index (Phi) is 7.64. The zero-order valence-electron chi connectivity index (χ0n) is 8.95. The van der Waals surface area contributed by atoms with E-state index in [2.05, 4.69) is 12.8 Å². The van der Waals surface area contributed by atoms with E-state index in [1.54, 1.807) is 6.92 Å². The van der Waals surface area contributed by atoms with Gasteiger partial charge < -0.3 is 4.74 Å². The van der Waals surface area contributed by atoms with Crippen LogP contribution in [0.1, 0.15) is 39.5 Å². The van der Waals surface area contributed by atoms with Crippen LogP contribution in [0, 0.1) is 12.3 Å². The fourth-order valence-corrected chi connectivity index (χ4v) is 0.899. The molecule has 0 saturated heterocycles. The van der Waals surface area contributed by atoms with Crippen LogP contribution in [0.4, 0.5) is 0 Å². The Morgan fingerprint density at radius 1 is 1.57 bits per heavy atom. The van der Waals surface area contributed by atoms with Gasteiger partial charge >= 0.3 is 5.97 Å². The number of allylic oxidation sites excluding steroid dienone is 1. The molecule has 14 heavy (non-hydrogen) atoms. The molecule has 0 rings (SSSR count). The SMILES string of the molecule is C#CC(C)OC(=O)C/C=C/CCCC. The van der Waals surface area contributed by atoms with Gasteiger partial charge in [0.05, 0.1) is 6.42 Å². The zero-order chi connectivity index (χ0) is 10.8. The molecule has 0 aliphatic carbocycles. The van der Waals surface area contributed by atoms with E-state index in [9.17, 15) is 4.79 Å². The van der Waals surface area contributed by atoms with E-state index in [1.807, 2.05) is 12.2 Å². The molecule has 0 aromatic rings. The van der Waals surface area contributed by atoms with Crippen molar-refractivity contribution in [3.05, 3.63) is 12.2 Å². The fourth-order valence-electron chi connectivity index (χ4n) is 0.899. The summed E-state index contributed by atoms with van der Waals surface area (Å²) in [7, 11) is 0. The molecule has 1 unspecified atom stereocenters. The Balaban J connectivity index is 3.54. The first kappa shape index (κ1) is 12.8. The van der Waals surface area contributed by atoms with Crippen LogP contribution in [0.15, 0.2) is 12.2 Å². The third-order valence-corrected chi connectivity index (χ3v) is 1.72. The van der Waals surface area contributed by atoms with E-state index in [-0.39, 0.29) is 5.97 Å². The lowest BCUT2D eigenvalue weighted by Gasteiger charge is -2.04. The highest BCUT2D eigenvalue weighted by atomic mass is 16.5. The highest BCUT2D eigenvalue weighted by molar-refractivity contribution is 5.71. The lowest BCUT2D eigenvalue weighted by atomic mass is 10.2. The Morgan fingerprint density at radius 3 is 2.86 bits per heavy atom. The summed E-state index contributed by atoms with van der Waals surface area (Å²) in [5.74, 6) is 2.08. The highest BCUT2D eigenvalue weighted by Gasteiger charge is 2.03. The molecule has 0 aromatic carbocycles. The minimum Gasteiger partial charge on any atom is -0.449 e. The van der Waals surface area contributed by atoms with Gasteiger partial charge in [0.15, 0.2) is 6.10 Å². The van der Waals surface area contributed by atoms with E-state index in [0.29, 0.717) is 6.42 Å². The summed E-state index contributed by atoms with van der Waals surface area (Å²) in [5, 5.41) is 0. The standard InChI is InChI=1S/C12H18O2/c1-4-6-7-8-9-10-12(13)14-11(3)5-2/h2,8-9,11H,4,6-7,10H2,1,3H3/b9-8+. The van der Waals surface area contributed by atoms with Crippen molar-refractivity contribution in [2.24, 2.45) is 0 Å². The second-order valence-corrected chi connectivity index (χ2v) is 3.12. The van der Waals surface area contributed by atoms with Crippen molar-refractivity contribution in [1.29, 1.82) is 0 Å². The minimum atomic E-state index is -0.424. The van der Waals surface area contributed by atoms with Crippen LogP contribution in [0.25, 0.3) is 0 Å². The van der Waals surface area contributed by atoms with E-state index >= 15 is 0 Å². The summed E-state index contributed by atoms with van der Waals surface area (Å²) in [6.07, 6.45) is 12.2. The van der Waals surface area contributed by atoms with Gasteiger partial charge in [0.2, 0.25) is 0 Å². The van der Waals surface area contributed by atoms with Gasteiger partial charge in [-0.2, -0.15) is 0 Å². The van der Waals surface area contributed by atoms with Gasteiger partial charge in [-0.3, -0.25) is 4.79 Å². The first-order valence-electron chi connectivity index (χ1n) is 5.01. The van der Waals surface area contributed by atoms with Gasteiger partial charge in [-0.1, -0.05) is 37.8 Å². The Bertz CT molecular complexity index is 223. The van der Waals surface area contributed by atoms with Gasteiger partial charge in [-0.05, 0) is 13.3 Å². The normalized spacial score (nSPS) is 12.4. The lowest BCUT2D eigenvalue weighted by molar-refractivity contribution is -0.144. The van der Waals surface area contributed by atoms with Crippen LogP contribution in [0.2, 0.25) is 0 Å². The van der Waals surface area contributed by atoms with Gasteiger partial charge in [0.25, 0.3) is 0 Å². The van der Waals surface area contributed by atoms with Gasteiger partial charge in [-0.15, -0.1) is 6.42 Å². The highest BCUT2D eigenvalue weighted by Crippen LogP contribution is 1.98. The molecule has 78 valence electrons. The number of terminal acetylenes is 1. The molecule has 0 amide bonds. The molecule has 0 aliphatic rings. The van der Waals surface area contributed by atoms with Crippen LogP contribution in [-0.4, -0.2) is 12.1 Å². The third kappa shape index (κ3) is 7.42. The number of carbonyl (C=O) groups excluding carboxylic acids is 1. The molecule has 0 heterocycles. The number of unbranched alkanes of at least 4 members (excludes halogenated alkanes) is 2. The van der Waals surface area contributed by atoms with E-state index in [1.165, 1.54) is 6.42 Å². The molecular weight excluding hydrogens is 176 g/mol. The quantitative estimate of drug-likeness (QED) is 0.281. The second-order valence-electron chi connectivity index (χ2n) is 3.12. The zero-order valence-corrected chi connectivity index (χ0v) is 8.95. The van der Waals surface area contributed by atoms with Gasteiger partial charge in [0, 0.05) is 0 Å². The van der Waals surface area contributed by atoms with Crippen molar-refractivity contribution >= 4 is 5.97 Å². The summed E-state index contributed by atoms with van der Waals surface area (Å²) in [6.45, 7) is 3.81. The van der Waals surface area contributed by atoms with Crippen molar-refractivity contribution < 1.29 is 9.53 Å². The molecule has 0 aliphatic heterocycles. The summed E-state index contributed by atoms with van der Waals surface area (Å²) < 4.78 is 4.88. The number of esters is 1. The van der Waals surface area contributed by atoms with Crippen molar-refractivity contribution in [1.82, 2.24) is 0 Å². The minimum absolute atomic E-state index is 0.261. The smallest absolute Gasteiger partial charge is 0.310 e. The maximum Gasteiger partial charge on any atom is 0.310 e. The molecule has 1 atom stereocenters. The number of rotatable bonds is 6. The van der Waals surface area contributed by atoms with Crippen molar-refractivity contribution in [2.75, 3.05) is 0 Å². The number of carbonyl (C=O) groups is 1. The summed E-state index contributed by atoms with van der Waals surface area (Å²) >= 11 is 0. The first-order valence-corrected chi connectivity index (χ1v) is 5.01. The molecule has 0 radical (unpaired) electrons. The van der Waals surface area contributed by atoms with Crippen LogP contribution in [-0.2, 0) is 9.53 Å². The molecule has 0 N–H and O–H groups in total. The summed E-state index contributed by atoms with van der Waals surface area (Å²) in [6, 6.07) is 0. The maximum absolute atomic E-state index is 11.1. The molecule has 0 saturated carbocycles. The van der Waals surface area contributed by atoms with Crippen LogP contribution in [0.3, 0.4) is 0 Å². The first-order chi connectivity index (χ1) is 6.70. The summed E-state index contributed by atoms with van der Waals surface area (Å²) in [4.78, 5) is 11.1. The van der Waals surface area contributed by atoms with Crippen molar-refractivity contribution in [2.45, 2.75) is 45.6 Å². The van der Waals surface area contributed by atoms with Crippen molar-refractivity contribution in [3.8, 4) is 12.3 Å². The predicted octanol–water partition coefficient (Wildman–Crippen LogP) is 2.69. The molecule has 0 aromatic heterocycles. The topological polar surface area (TPSA) is 26.3 Å². The number of ether oxygens (including phenoxy) is 1. The Hall–Kier alpha value is -1.23. The van der Waals surface area contributed by atoms with Crippen molar-refractivity contribution in [3.63, 3.8) is 0 Å². The average molecular weight is 194 g/mol. The van der Waals surface area contributed by atoms with Gasteiger partial charge in [-0.25, -0.2) is 0 Å². The summed E-state index contributed by atoms with van der Waals surface area (Å²) in [5.41, 5.74) is 0. The Labute approximate surface area is 86.3 Å². The van der Waals surface area contributed by atoms with Crippen LogP contribution >= 0.6 is 0 Å². The molecule has 0 fully saturated rings. The monoisotopic (exact) mass is 194 g/mol. The maximum atomic E-state index is 11.1. The van der Waals surface area contributed by atoms with Crippen LogP contribution in [0.5, 0.6) is 0 Å². The largest absolute Gasteiger partial charge is 0.449 e. The fraction of sp³-hybridized carbons (Fsp3) is 0.583. The predicted molar refractivity (Wildman–Crippen MR) is 57.7 cm³/mol. The molecule has 0 spiro atoms. The van der Waals surface area contributed by atoms with Gasteiger partial charge in [0.1, 0.15) is 0 Å². The number of hydrogen-bond donors (Lipinski definition) is 0. The average Bonchev–Trinajstić information content (AvgIpc) is 2.17. The molecular formula is C12H18O2. The van der Waals surface area contributed by atoms with Crippen LogP contribution < -0.4 is 0 Å². The molecule has 2 heteroatoms. The van der Waals surface area contributed by atoms with E-state index in [4.69, 9.17) is 11.2 Å². The molecule has 0 bridgehead atoms. The second kappa shape index (κ2) is 8.37. The van der Waals surface area contributed by atoms with E-state index < -0.39 is 6.10 Å². The lowest BCUT2D eigenvalue weighted by Crippen LogP contribution is -2.11. The molecule has 2 nitrogen and oxygen atoms in total. The third-order valence-electron chi connectivity index (χ3n) is 1.72. The number of hydrogen-bond acceptors (Lipinski definition) is 2.